The molecule has 0 bridgehead atoms. The minimum absolute atomic E-state index is 0.00761. The van der Waals surface area contributed by atoms with Crippen LogP contribution in [0.4, 0.5) is 13.2 Å². The fourth-order valence-electron chi connectivity index (χ4n) is 5.52. The van der Waals surface area contributed by atoms with Crippen LogP contribution in [-0.4, -0.2) is 20.9 Å². The second-order valence-electron chi connectivity index (χ2n) is 12.9. The van der Waals surface area contributed by atoms with Gasteiger partial charge in [-0.05, 0) is 108 Å². The van der Waals surface area contributed by atoms with Gasteiger partial charge in [0.25, 0.3) is 0 Å². The Kier molecular flexibility index (Phi) is 7.98. The molecule has 224 valence electrons. The van der Waals surface area contributed by atoms with Crippen LogP contribution in [0.5, 0.6) is 11.5 Å². The summed E-state index contributed by atoms with van der Waals surface area (Å²) in [5.74, 6) is 1.24. The van der Waals surface area contributed by atoms with Crippen molar-refractivity contribution >= 4 is 14.3 Å². The van der Waals surface area contributed by atoms with Crippen molar-refractivity contribution in [2.45, 2.75) is 83.3 Å². The minimum atomic E-state index is -4.49. The first kappa shape index (κ1) is 30.2. The van der Waals surface area contributed by atoms with Gasteiger partial charge in [0.1, 0.15) is 17.6 Å². The highest BCUT2D eigenvalue weighted by Crippen LogP contribution is 2.49. The summed E-state index contributed by atoms with van der Waals surface area (Å²) >= 11 is 0. The molecule has 0 heterocycles. The first-order valence-corrected chi connectivity index (χ1v) is 17.6. The Bertz CT molecular complexity index is 1440. The molecule has 0 spiro atoms. The Morgan fingerprint density at radius 2 is 1.57 bits per heavy atom. The van der Waals surface area contributed by atoms with Gasteiger partial charge in [-0.25, -0.2) is 0 Å². The molecule has 3 aromatic rings. The van der Waals surface area contributed by atoms with E-state index >= 15 is 0 Å². The van der Waals surface area contributed by atoms with Gasteiger partial charge >= 0.3 is 12.1 Å². The van der Waals surface area contributed by atoms with Crippen molar-refractivity contribution in [1.82, 2.24) is 0 Å². The predicted molar refractivity (Wildman–Crippen MR) is 160 cm³/mol. The fourth-order valence-corrected chi connectivity index (χ4v) is 6.55. The summed E-state index contributed by atoms with van der Waals surface area (Å²) in [4.78, 5) is 12.0. The van der Waals surface area contributed by atoms with Gasteiger partial charge in [-0.3, -0.25) is 4.79 Å². The Hall–Kier alpha value is -3.26. The van der Waals surface area contributed by atoms with Crippen LogP contribution >= 0.6 is 0 Å². The summed E-state index contributed by atoms with van der Waals surface area (Å²) in [6.07, 6.45) is -2.97. The van der Waals surface area contributed by atoms with E-state index in [9.17, 15) is 18.0 Å². The molecule has 0 N–H and O–H groups in total. The quantitative estimate of drug-likeness (QED) is 0.192. The molecule has 0 saturated heterocycles. The molecule has 42 heavy (non-hydrogen) atoms. The molecule has 3 aromatic carbocycles. The smallest absolute Gasteiger partial charge is 0.417 e. The topological polar surface area (TPSA) is 44.8 Å². The van der Waals surface area contributed by atoms with E-state index in [0.717, 1.165) is 17.5 Å². The molecule has 2 aliphatic rings. The molecule has 3 atom stereocenters. The highest BCUT2D eigenvalue weighted by Gasteiger charge is 2.45. The summed E-state index contributed by atoms with van der Waals surface area (Å²) in [5.41, 5.74) is 2.63. The largest absolute Gasteiger partial charge is 0.544 e. The van der Waals surface area contributed by atoms with E-state index < -0.39 is 20.1 Å². The number of ether oxygens (including phenoxy) is 2. The molecule has 0 amide bonds. The molecule has 1 fully saturated rings. The van der Waals surface area contributed by atoms with Crippen molar-refractivity contribution in [2.75, 3.05) is 6.61 Å². The Balaban J connectivity index is 1.37. The van der Waals surface area contributed by atoms with Crippen LogP contribution in [-0.2, 0) is 22.1 Å². The van der Waals surface area contributed by atoms with E-state index in [1.165, 1.54) is 6.07 Å². The normalized spacial score (nSPS) is 20.2. The monoisotopic (exact) mass is 596 g/mol. The van der Waals surface area contributed by atoms with E-state index in [4.69, 9.17) is 13.9 Å². The lowest BCUT2D eigenvalue weighted by Crippen LogP contribution is -2.43. The van der Waals surface area contributed by atoms with Gasteiger partial charge in [-0.1, -0.05) is 51.1 Å². The van der Waals surface area contributed by atoms with E-state index in [-0.39, 0.29) is 34.5 Å². The number of alkyl halides is 3. The third kappa shape index (κ3) is 6.09. The number of carbonyl (C=O) groups is 1. The Labute approximate surface area is 247 Å². The molecule has 8 heteroatoms. The van der Waals surface area contributed by atoms with Crippen LogP contribution in [0.3, 0.4) is 0 Å². The zero-order valence-corrected chi connectivity index (χ0v) is 26.1. The molecule has 0 aliphatic heterocycles. The fraction of sp³-hybridized carbons (Fsp3) is 0.441. The highest BCUT2D eigenvalue weighted by molar-refractivity contribution is 6.74. The van der Waals surface area contributed by atoms with E-state index in [1.54, 1.807) is 37.3 Å². The van der Waals surface area contributed by atoms with Gasteiger partial charge < -0.3 is 13.9 Å². The van der Waals surface area contributed by atoms with Crippen molar-refractivity contribution in [1.29, 1.82) is 0 Å². The zero-order valence-electron chi connectivity index (χ0n) is 25.1. The SMILES string of the molecule is CCOC(=O)C1CC1c1ccc(OC2CCc3c2ccc(C(F)(F)F)c3-c2ccc(O[Si](C)(C)C(C)(C)C)cc2)cc1. The lowest BCUT2D eigenvalue weighted by molar-refractivity contribution is -0.144. The Morgan fingerprint density at radius 1 is 0.929 bits per heavy atom. The lowest BCUT2D eigenvalue weighted by Gasteiger charge is -2.36. The summed E-state index contributed by atoms with van der Waals surface area (Å²) in [7, 11) is -2.08. The van der Waals surface area contributed by atoms with Crippen molar-refractivity contribution in [3.63, 3.8) is 0 Å². The molecular weight excluding hydrogens is 557 g/mol. The lowest BCUT2D eigenvalue weighted by atomic mass is 9.91. The maximum atomic E-state index is 14.2. The van der Waals surface area contributed by atoms with E-state index in [1.807, 2.05) is 24.3 Å². The van der Waals surface area contributed by atoms with Gasteiger partial charge in [-0.2, -0.15) is 13.2 Å². The molecule has 0 radical (unpaired) electrons. The highest BCUT2D eigenvalue weighted by atomic mass is 28.4. The molecular formula is C34H39F3O4Si. The van der Waals surface area contributed by atoms with Crippen LogP contribution in [0.15, 0.2) is 60.7 Å². The number of fused-ring (bicyclic) bond motifs is 1. The van der Waals surface area contributed by atoms with Gasteiger partial charge in [0, 0.05) is 0 Å². The molecule has 4 nitrogen and oxygen atoms in total. The van der Waals surface area contributed by atoms with Gasteiger partial charge in [-0.15, -0.1) is 0 Å². The molecule has 2 aliphatic carbocycles. The van der Waals surface area contributed by atoms with Crippen molar-refractivity contribution < 1.29 is 31.9 Å². The third-order valence-corrected chi connectivity index (χ3v) is 13.3. The number of hydrogen-bond donors (Lipinski definition) is 0. The maximum absolute atomic E-state index is 14.2. The first-order valence-electron chi connectivity index (χ1n) is 14.7. The number of hydrogen-bond acceptors (Lipinski definition) is 4. The predicted octanol–water partition coefficient (Wildman–Crippen LogP) is 9.49. The van der Waals surface area contributed by atoms with E-state index in [0.29, 0.717) is 42.1 Å². The second kappa shape index (κ2) is 11.1. The minimum Gasteiger partial charge on any atom is -0.544 e. The Morgan fingerprint density at radius 3 is 2.17 bits per heavy atom. The van der Waals surface area contributed by atoms with Crippen LogP contribution in [0.1, 0.15) is 74.8 Å². The standard InChI is InChI=1S/C34H39F3O4Si/c1-7-39-32(38)28-20-27(28)21-8-12-23(13-9-21)40-30-19-17-26-25(30)16-18-29(34(35,36)37)31(26)22-10-14-24(15-11-22)41-42(5,6)33(2,3)4/h8-16,18,27-28,30H,7,17,19-20H2,1-6H3. The molecule has 5 rings (SSSR count). The number of carbonyl (C=O) groups excluding carboxylic acids is 1. The number of benzene rings is 3. The van der Waals surface area contributed by atoms with E-state index in [2.05, 4.69) is 33.9 Å². The van der Waals surface area contributed by atoms with Crippen LogP contribution < -0.4 is 9.16 Å². The third-order valence-electron chi connectivity index (χ3n) is 8.95. The summed E-state index contributed by atoms with van der Waals surface area (Å²) in [6.45, 7) is 12.9. The first-order chi connectivity index (χ1) is 19.7. The molecule has 0 aromatic heterocycles. The van der Waals surface area contributed by atoms with Crippen molar-refractivity contribution in [3.05, 3.63) is 82.9 Å². The van der Waals surface area contributed by atoms with Crippen molar-refractivity contribution in [2.24, 2.45) is 5.92 Å². The summed E-state index contributed by atoms with van der Waals surface area (Å²) in [5, 5.41) is 0.00761. The number of rotatable bonds is 8. The van der Waals surface area contributed by atoms with Crippen molar-refractivity contribution in [3.8, 4) is 22.6 Å². The van der Waals surface area contributed by atoms with Gasteiger partial charge in [0.15, 0.2) is 0 Å². The van der Waals surface area contributed by atoms with Crippen LogP contribution in [0.2, 0.25) is 18.1 Å². The van der Waals surface area contributed by atoms with Crippen LogP contribution in [0.25, 0.3) is 11.1 Å². The summed E-state index contributed by atoms with van der Waals surface area (Å²) < 4.78 is 60.5. The van der Waals surface area contributed by atoms with Gasteiger partial charge in [0.2, 0.25) is 8.32 Å². The van der Waals surface area contributed by atoms with Gasteiger partial charge in [0.05, 0.1) is 18.1 Å². The summed E-state index contributed by atoms with van der Waals surface area (Å²) in [6, 6.07) is 17.5. The average molecular weight is 597 g/mol. The van der Waals surface area contributed by atoms with Crippen LogP contribution in [0, 0.1) is 5.92 Å². The molecule has 1 saturated carbocycles. The molecule has 3 unspecified atom stereocenters. The number of esters is 1. The second-order valence-corrected chi connectivity index (χ2v) is 17.6. The zero-order chi connectivity index (χ0) is 30.4. The maximum Gasteiger partial charge on any atom is 0.417 e. The average Bonchev–Trinajstić information content (AvgIpc) is 3.62. The number of halogens is 3.